The topological polar surface area (TPSA) is 79.8 Å². The molecule has 3 aromatic rings. The fourth-order valence-electron chi connectivity index (χ4n) is 4.20. The van der Waals surface area contributed by atoms with Crippen LogP contribution in [0.1, 0.15) is 48.5 Å². The Balaban J connectivity index is 1.50. The van der Waals surface area contributed by atoms with Gasteiger partial charge < -0.3 is 25.2 Å². The van der Waals surface area contributed by atoms with E-state index in [-0.39, 0.29) is 30.8 Å². The van der Waals surface area contributed by atoms with Crippen LogP contribution in [-0.2, 0) is 22.6 Å². The molecule has 0 radical (unpaired) electrons. The fourth-order valence-corrected chi connectivity index (χ4v) is 5.29. The van der Waals surface area contributed by atoms with Crippen molar-refractivity contribution in [2.45, 2.75) is 50.4 Å². The van der Waals surface area contributed by atoms with Crippen molar-refractivity contribution in [3.05, 3.63) is 101 Å². The van der Waals surface area contributed by atoms with Gasteiger partial charge in [-0.15, -0.1) is 11.8 Å². The molecule has 1 aliphatic heterocycles. The Labute approximate surface area is 217 Å². The molecular weight excluding hydrogens is 472 g/mol. The number of carbonyl (C=O) groups excluding carboxylic acids is 1. The van der Waals surface area contributed by atoms with E-state index in [1.54, 1.807) is 11.8 Å². The zero-order valence-corrected chi connectivity index (χ0v) is 21.5. The fraction of sp³-hybridized carbons (Fsp3) is 0.345. The van der Waals surface area contributed by atoms with Gasteiger partial charge in [0, 0.05) is 35.2 Å². The number of benzene rings is 3. The number of thioether (sulfide) groups is 1. The molecule has 0 aliphatic carbocycles. The number of urea groups is 1. The average Bonchev–Trinajstić information content (AvgIpc) is 2.92. The van der Waals surface area contributed by atoms with Crippen molar-refractivity contribution in [2.24, 2.45) is 5.92 Å². The third-order valence-electron chi connectivity index (χ3n) is 6.32. The average molecular weight is 507 g/mol. The molecule has 190 valence electrons. The first kappa shape index (κ1) is 26.2. The van der Waals surface area contributed by atoms with E-state index in [0.717, 1.165) is 28.0 Å². The summed E-state index contributed by atoms with van der Waals surface area (Å²) in [7, 11) is 0. The monoisotopic (exact) mass is 506 g/mol. The normalized spacial score (nSPS) is 21.6. The van der Waals surface area contributed by atoms with Crippen LogP contribution in [0, 0.1) is 5.92 Å². The lowest BCUT2D eigenvalue weighted by atomic mass is 9.91. The van der Waals surface area contributed by atoms with Gasteiger partial charge >= 0.3 is 6.03 Å². The van der Waals surface area contributed by atoms with Crippen LogP contribution in [0.4, 0.5) is 4.79 Å². The predicted octanol–water partition coefficient (Wildman–Crippen LogP) is 5.58. The van der Waals surface area contributed by atoms with Gasteiger partial charge in [0.15, 0.2) is 6.29 Å². The highest BCUT2D eigenvalue weighted by Crippen LogP contribution is 2.43. The Bertz CT molecular complexity index is 1090. The minimum absolute atomic E-state index is 0.0180. The Morgan fingerprint density at radius 3 is 2.22 bits per heavy atom. The molecule has 4 rings (SSSR count). The summed E-state index contributed by atoms with van der Waals surface area (Å²) < 4.78 is 13.0. The molecule has 1 heterocycles. The standard InChI is InChI=1S/C29H34N2O4S/c1-3-30-29(33)31-17-21-9-15-24(16-10-21)28-34-26(19-36-25-7-5-4-6-8-25)20(2)27(35-28)23-13-11-22(18-32)12-14-23/h4-16,20,26-28,32H,3,17-19H2,1-2H3,(H2,30,31,33). The molecule has 6 nitrogen and oxygen atoms in total. The van der Waals surface area contributed by atoms with Crippen molar-refractivity contribution in [3.63, 3.8) is 0 Å². The molecule has 36 heavy (non-hydrogen) atoms. The molecular formula is C29H34N2O4S. The minimum atomic E-state index is -0.504. The van der Waals surface area contributed by atoms with Crippen LogP contribution in [0.5, 0.6) is 0 Å². The van der Waals surface area contributed by atoms with Crippen LogP contribution in [0.15, 0.2) is 83.8 Å². The summed E-state index contributed by atoms with van der Waals surface area (Å²) in [6.45, 7) is 5.12. The number of carbonyl (C=O) groups is 1. The van der Waals surface area contributed by atoms with Crippen LogP contribution in [0.25, 0.3) is 0 Å². The van der Waals surface area contributed by atoms with E-state index in [0.29, 0.717) is 13.1 Å². The zero-order chi connectivity index (χ0) is 25.3. The summed E-state index contributed by atoms with van der Waals surface area (Å²) in [5, 5.41) is 15.0. The summed E-state index contributed by atoms with van der Waals surface area (Å²) in [4.78, 5) is 12.9. The van der Waals surface area contributed by atoms with E-state index >= 15 is 0 Å². The van der Waals surface area contributed by atoms with Crippen LogP contribution in [0.3, 0.4) is 0 Å². The van der Waals surface area contributed by atoms with E-state index in [1.165, 1.54) is 4.90 Å². The summed E-state index contributed by atoms with van der Waals surface area (Å²) in [6, 6.07) is 26.1. The van der Waals surface area contributed by atoms with E-state index in [2.05, 4.69) is 29.7 Å². The number of nitrogens with one attached hydrogen (secondary N) is 2. The van der Waals surface area contributed by atoms with Gasteiger partial charge in [0.2, 0.25) is 0 Å². The van der Waals surface area contributed by atoms with Crippen molar-refractivity contribution in [1.29, 1.82) is 0 Å². The highest BCUT2D eigenvalue weighted by Gasteiger charge is 2.38. The van der Waals surface area contributed by atoms with E-state index in [9.17, 15) is 9.90 Å². The zero-order valence-electron chi connectivity index (χ0n) is 20.7. The summed E-state index contributed by atoms with van der Waals surface area (Å²) in [6.07, 6.45) is -0.664. The maximum atomic E-state index is 11.7. The molecule has 7 heteroatoms. The predicted molar refractivity (Wildman–Crippen MR) is 142 cm³/mol. The number of amides is 2. The van der Waals surface area contributed by atoms with Gasteiger partial charge in [-0.25, -0.2) is 4.79 Å². The first-order valence-electron chi connectivity index (χ1n) is 12.4. The second kappa shape index (κ2) is 12.9. The van der Waals surface area contributed by atoms with Crippen LogP contribution in [0.2, 0.25) is 0 Å². The molecule has 0 spiro atoms. The summed E-state index contributed by atoms with van der Waals surface area (Å²) >= 11 is 1.79. The quantitative estimate of drug-likeness (QED) is 0.330. The minimum Gasteiger partial charge on any atom is -0.392 e. The number of ether oxygens (including phenoxy) is 2. The van der Waals surface area contributed by atoms with E-state index < -0.39 is 6.29 Å². The third-order valence-corrected chi connectivity index (χ3v) is 7.42. The smallest absolute Gasteiger partial charge is 0.315 e. The Kier molecular flexibility index (Phi) is 9.41. The van der Waals surface area contributed by atoms with Crippen molar-refractivity contribution in [2.75, 3.05) is 12.3 Å². The lowest BCUT2D eigenvalue weighted by Gasteiger charge is -2.41. The molecule has 0 saturated carbocycles. The van der Waals surface area contributed by atoms with Crippen molar-refractivity contribution >= 4 is 17.8 Å². The number of hydrogen-bond donors (Lipinski definition) is 3. The van der Waals surface area contributed by atoms with E-state index in [1.807, 2.05) is 73.7 Å². The highest BCUT2D eigenvalue weighted by atomic mass is 32.2. The van der Waals surface area contributed by atoms with Crippen LogP contribution < -0.4 is 10.6 Å². The van der Waals surface area contributed by atoms with E-state index in [4.69, 9.17) is 9.47 Å². The second-order valence-corrected chi connectivity index (χ2v) is 9.99. The Hall–Kier alpha value is -2.84. The van der Waals surface area contributed by atoms with Crippen molar-refractivity contribution < 1.29 is 19.4 Å². The van der Waals surface area contributed by atoms with Gasteiger partial charge in [0.05, 0.1) is 18.8 Å². The summed E-state index contributed by atoms with van der Waals surface area (Å²) in [5.74, 6) is 0.947. The van der Waals surface area contributed by atoms with Gasteiger partial charge in [-0.05, 0) is 35.7 Å². The lowest BCUT2D eigenvalue weighted by molar-refractivity contribution is -0.268. The van der Waals surface area contributed by atoms with Gasteiger partial charge in [-0.3, -0.25) is 0 Å². The molecule has 1 aliphatic rings. The molecule has 0 aromatic heterocycles. The van der Waals surface area contributed by atoms with Gasteiger partial charge in [0.1, 0.15) is 0 Å². The Morgan fingerprint density at radius 1 is 0.889 bits per heavy atom. The molecule has 4 unspecified atom stereocenters. The Morgan fingerprint density at radius 2 is 1.56 bits per heavy atom. The van der Waals surface area contributed by atoms with Crippen molar-refractivity contribution in [3.8, 4) is 0 Å². The number of rotatable bonds is 9. The maximum absolute atomic E-state index is 11.7. The maximum Gasteiger partial charge on any atom is 0.315 e. The third kappa shape index (κ3) is 6.89. The number of aliphatic hydroxyl groups excluding tert-OH is 1. The molecule has 2 amide bonds. The van der Waals surface area contributed by atoms with Crippen LogP contribution >= 0.6 is 11.8 Å². The molecule has 1 fully saturated rings. The molecule has 3 N–H and O–H groups in total. The second-order valence-electron chi connectivity index (χ2n) is 8.90. The first-order chi connectivity index (χ1) is 17.6. The van der Waals surface area contributed by atoms with Crippen molar-refractivity contribution in [1.82, 2.24) is 10.6 Å². The SMILES string of the molecule is CCNC(=O)NCc1ccc(C2OC(CSc3ccccc3)C(C)C(c3ccc(CO)cc3)O2)cc1. The number of hydrogen-bond acceptors (Lipinski definition) is 5. The van der Waals surface area contributed by atoms with Gasteiger partial charge in [0.25, 0.3) is 0 Å². The molecule has 0 bridgehead atoms. The highest BCUT2D eigenvalue weighted by molar-refractivity contribution is 7.99. The van der Waals surface area contributed by atoms with Crippen LogP contribution in [-0.4, -0.2) is 29.5 Å². The number of aliphatic hydroxyl groups is 1. The molecule has 3 aromatic carbocycles. The largest absolute Gasteiger partial charge is 0.392 e. The summed E-state index contributed by atoms with van der Waals surface area (Å²) in [5.41, 5.74) is 3.89. The first-order valence-corrected chi connectivity index (χ1v) is 13.3. The molecule has 4 atom stereocenters. The molecule has 1 saturated heterocycles. The lowest BCUT2D eigenvalue weighted by Crippen LogP contribution is -2.38. The van der Waals surface area contributed by atoms with Gasteiger partial charge in [-0.2, -0.15) is 0 Å². The van der Waals surface area contributed by atoms with Gasteiger partial charge in [-0.1, -0.05) is 73.7 Å².